The Labute approximate surface area is 150 Å². The minimum atomic E-state index is -0.973. The van der Waals surface area contributed by atoms with E-state index in [2.05, 4.69) is 5.32 Å². The van der Waals surface area contributed by atoms with E-state index in [0.717, 1.165) is 5.69 Å². The molecule has 0 saturated heterocycles. The van der Waals surface area contributed by atoms with E-state index in [1.54, 1.807) is 48.6 Å². The molecule has 0 saturated carbocycles. The van der Waals surface area contributed by atoms with Crippen molar-refractivity contribution < 1.29 is 14.7 Å². The van der Waals surface area contributed by atoms with Crippen molar-refractivity contribution in [1.82, 2.24) is 0 Å². The molecule has 4 nitrogen and oxygen atoms in total. The Morgan fingerprint density at radius 2 is 1.64 bits per heavy atom. The SMILES string of the molecule is O=C(O)C1=CCC(Cl)(Nc2ccc(C(=O)c3ccccc3)cc2)C=C1. The van der Waals surface area contributed by atoms with Gasteiger partial charge in [-0.2, -0.15) is 0 Å². The third kappa shape index (κ3) is 3.98. The zero-order chi connectivity index (χ0) is 17.9. The first-order valence-corrected chi connectivity index (χ1v) is 8.14. The summed E-state index contributed by atoms with van der Waals surface area (Å²) in [5.74, 6) is -1.02. The van der Waals surface area contributed by atoms with E-state index < -0.39 is 11.0 Å². The lowest BCUT2D eigenvalue weighted by molar-refractivity contribution is -0.132. The van der Waals surface area contributed by atoms with Gasteiger partial charge in [0.05, 0.1) is 5.57 Å². The van der Waals surface area contributed by atoms with Crippen LogP contribution in [0.1, 0.15) is 22.3 Å². The van der Waals surface area contributed by atoms with Gasteiger partial charge in [-0.25, -0.2) is 4.79 Å². The van der Waals surface area contributed by atoms with Gasteiger partial charge in [0.25, 0.3) is 0 Å². The van der Waals surface area contributed by atoms with Gasteiger partial charge in [0.1, 0.15) is 5.00 Å². The Balaban J connectivity index is 1.70. The van der Waals surface area contributed by atoms with Crippen LogP contribution in [0.4, 0.5) is 5.69 Å². The number of aliphatic carboxylic acids is 1. The van der Waals surface area contributed by atoms with Crippen LogP contribution in [-0.2, 0) is 4.79 Å². The van der Waals surface area contributed by atoms with Gasteiger partial charge < -0.3 is 10.4 Å². The van der Waals surface area contributed by atoms with E-state index in [0.29, 0.717) is 17.5 Å². The molecule has 0 spiro atoms. The highest BCUT2D eigenvalue weighted by atomic mass is 35.5. The Bertz CT molecular complexity index is 856. The molecule has 3 rings (SSSR count). The Morgan fingerprint density at radius 3 is 2.20 bits per heavy atom. The van der Waals surface area contributed by atoms with Crippen LogP contribution in [-0.4, -0.2) is 21.9 Å². The van der Waals surface area contributed by atoms with Crippen molar-refractivity contribution >= 4 is 29.0 Å². The first-order valence-electron chi connectivity index (χ1n) is 7.76. The molecule has 5 heteroatoms. The van der Waals surface area contributed by atoms with Crippen molar-refractivity contribution in [2.75, 3.05) is 5.32 Å². The van der Waals surface area contributed by atoms with E-state index in [1.807, 2.05) is 18.2 Å². The Morgan fingerprint density at radius 1 is 1.00 bits per heavy atom. The van der Waals surface area contributed by atoms with Crippen molar-refractivity contribution in [2.45, 2.75) is 11.4 Å². The second-order valence-corrected chi connectivity index (χ2v) is 6.44. The second-order valence-electron chi connectivity index (χ2n) is 5.76. The average Bonchev–Trinajstić information content (AvgIpc) is 2.62. The molecule has 126 valence electrons. The highest BCUT2D eigenvalue weighted by Gasteiger charge is 2.26. The fourth-order valence-electron chi connectivity index (χ4n) is 2.57. The van der Waals surface area contributed by atoms with Gasteiger partial charge in [-0.1, -0.05) is 48.0 Å². The monoisotopic (exact) mass is 353 g/mol. The van der Waals surface area contributed by atoms with Crippen LogP contribution in [0.15, 0.2) is 78.4 Å². The number of benzene rings is 2. The minimum Gasteiger partial charge on any atom is -0.478 e. The number of alkyl halides is 1. The summed E-state index contributed by atoms with van der Waals surface area (Å²) in [5.41, 5.74) is 2.20. The third-order valence-electron chi connectivity index (χ3n) is 3.93. The van der Waals surface area contributed by atoms with Crippen LogP contribution < -0.4 is 5.32 Å². The van der Waals surface area contributed by atoms with Crippen LogP contribution in [0.5, 0.6) is 0 Å². The number of carbonyl (C=O) groups is 2. The number of ketones is 1. The van der Waals surface area contributed by atoms with Crippen molar-refractivity contribution in [3.05, 3.63) is 89.5 Å². The summed E-state index contributed by atoms with van der Waals surface area (Å²) < 4.78 is 0. The molecule has 2 aromatic carbocycles. The normalized spacial score (nSPS) is 19.2. The molecule has 0 fully saturated rings. The summed E-state index contributed by atoms with van der Waals surface area (Å²) >= 11 is 6.48. The van der Waals surface area contributed by atoms with Gasteiger partial charge >= 0.3 is 5.97 Å². The summed E-state index contributed by atoms with van der Waals surface area (Å²) in [5, 5.41) is 12.1. The molecule has 2 aromatic rings. The molecular formula is C20H16ClNO3. The fraction of sp³-hybridized carbons (Fsp3) is 0.100. The fourth-order valence-corrected chi connectivity index (χ4v) is 2.82. The van der Waals surface area contributed by atoms with Crippen molar-refractivity contribution in [2.24, 2.45) is 0 Å². The number of rotatable bonds is 5. The molecule has 1 unspecified atom stereocenters. The topological polar surface area (TPSA) is 66.4 Å². The van der Waals surface area contributed by atoms with Crippen molar-refractivity contribution in [3.8, 4) is 0 Å². The number of carboxylic acid groups (broad SMARTS) is 1. The lowest BCUT2D eigenvalue weighted by atomic mass is 10.0. The van der Waals surface area contributed by atoms with E-state index in [1.165, 1.54) is 6.08 Å². The van der Waals surface area contributed by atoms with Crippen molar-refractivity contribution in [1.29, 1.82) is 0 Å². The van der Waals surface area contributed by atoms with Crippen LogP contribution in [0.25, 0.3) is 0 Å². The number of anilines is 1. The van der Waals surface area contributed by atoms with Gasteiger partial charge in [-0.15, -0.1) is 0 Å². The predicted molar refractivity (Wildman–Crippen MR) is 98.0 cm³/mol. The molecule has 0 aliphatic heterocycles. The summed E-state index contributed by atoms with van der Waals surface area (Å²) in [4.78, 5) is 22.4. The van der Waals surface area contributed by atoms with Crippen molar-refractivity contribution in [3.63, 3.8) is 0 Å². The first-order chi connectivity index (χ1) is 12.0. The maximum Gasteiger partial charge on any atom is 0.335 e. The zero-order valence-corrected chi connectivity index (χ0v) is 14.0. The number of carboxylic acids is 1. The molecule has 0 amide bonds. The van der Waals surface area contributed by atoms with Crippen LogP contribution in [0, 0.1) is 0 Å². The predicted octanol–water partition coefficient (Wildman–Crippen LogP) is 4.24. The molecule has 25 heavy (non-hydrogen) atoms. The van der Waals surface area contributed by atoms with Gasteiger partial charge in [-0.05, 0) is 36.4 Å². The lowest BCUT2D eigenvalue weighted by Gasteiger charge is -2.27. The zero-order valence-electron chi connectivity index (χ0n) is 13.3. The summed E-state index contributed by atoms with van der Waals surface area (Å²) in [6.45, 7) is 0. The molecular weight excluding hydrogens is 338 g/mol. The summed E-state index contributed by atoms with van der Waals surface area (Å²) in [7, 11) is 0. The quantitative estimate of drug-likeness (QED) is 0.479. The van der Waals surface area contributed by atoms with E-state index in [9.17, 15) is 9.59 Å². The molecule has 0 heterocycles. The molecule has 0 radical (unpaired) electrons. The molecule has 1 aliphatic rings. The number of hydrogen-bond acceptors (Lipinski definition) is 3. The highest BCUT2D eigenvalue weighted by molar-refractivity contribution is 6.26. The Kier molecular flexibility index (Phi) is 4.72. The van der Waals surface area contributed by atoms with Gasteiger partial charge in [-0.3, -0.25) is 4.79 Å². The summed E-state index contributed by atoms with van der Waals surface area (Å²) in [6, 6.07) is 16.1. The largest absolute Gasteiger partial charge is 0.478 e. The van der Waals surface area contributed by atoms with Crippen LogP contribution in [0.3, 0.4) is 0 Å². The van der Waals surface area contributed by atoms with E-state index in [4.69, 9.17) is 16.7 Å². The van der Waals surface area contributed by atoms with Gasteiger partial charge in [0, 0.05) is 23.2 Å². The Hall–Kier alpha value is -2.85. The van der Waals surface area contributed by atoms with Gasteiger partial charge in [0.2, 0.25) is 0 Å². The van der Waals surface area contributed by atoms with Gasteiger partial charge in [0.15, 0.2) is 5.78 Å². The second kappa shape index (κ2) is 6.95. The first kappa shape index (κ1) is 17.0. The molecule has 0 aromatic heterocycles. The maximum atomic E-state index is 12.4. The highest BCUT2D eigenvalue weighted by Crippen LogP contribution is 2.30. The van der Waals surface area contributed by atoms with Crippen LogP contribution in [0.2, 0.25) is 0 Å². The molecule has 0 bridgehead atoms. The number of hydrogen-bond donors (Lipinski definition) is 2. The number of halogens is 1. The molecule has 1 aliphatic carbocycles. The smallest absolute Gasteiger partial charge is 0.335 e. The average molecular weight is 354 g/mol. The van der Waals surface area contributed by atoms with E-state index >= 15 is 0 Å². The van der Waals surface area contributed by atoms with Crippen LogP contribution >= 0.6 is 11.6 Å². The maximum absolute atomic E-state index is 12.4. The third-order valence-corrected chi connectivity index (χ3v) is 4.30. The lowest BCUT2D eigenvalue weighted by Crippen LogP contribution is -2.30. The number of carbonyl (C=O) groups excluding carboxylic acids is 1. The van der Waals surface area contributed by atoms with E-state index in [-0.39, 0.29) is 11.4 Å². The molecule has 2 N–H and O–H groups in total. The number of nitrogens with one attached hydrogen (secondary N) is 1. The minimum absolute atomic E-state index is 0.0423. The standard InChI is InChI=1S/C20H16ClNO3/c21-20(12-10-16(11-13-20)19(24)25)22-17-8-6-15(7-9-17)18(23)14-4-2-1-3-5-14/h1-12,22H,13H2,(H,24,25). The molecule has 1 atom stereocenters. The summed E-state index contributed by atoms with van der Waals surface area (Å²) in [6.07, 6.45) is 5.03.